The SMILES string of the molecule is Cn1cccc1C=C1SC(N2CCN(c3ccccc3)CC2)=NC1=O. The number of aliphatic imine (C=N–C) groups is 1. The van der Waals surface area contributed by atoms with Crippen LogP contribution in [0.4, 0.5) is 5.69 Å². The number of thioether (sulfide) groups is 1. The van der Waals surface area contributed by atoms with Crippen molar-refractivity contribution in [1.29, 1.82) is 0 Å². The molecule has 1 amide bonds. The lowest BCUT2D eigenvalue weighted by Crippen LogP contribution is -2.47. The maximum absolute atomic E-state index is 12.2. The summed E-state index contributed by atoms with van der Waals surface area (Å²) in [5, 5.41) is 0.832. The zero-order chi connectivity index (χ0) is 17.2. The highest BCUT2D eigenvalue weighted by atomic mass is 32.2. The van der Waals surface area contributed by atoms with Gasteiger partial charge in [0.15, 0.2) is 5.17 Å². The average Bonchev–Trinajstić information content (AvgIpc) is 3.22. The summed E-state index contributed by atoms with van der Waals surface area (Å²) in [5.74, 6) is -0.133. The molecule has 3 heterocycles. The fourth-order valence-electron chi connectivity index (χ4n) is 3.09. The first-order valence-electron chi connectivity index (χ1n) is 8.39. The zero-order valence-electron chi connectivity index (χ0n) is 14.1. The van der Waals surface area contributed by atoms with Gasteiger partial charge in [-0.2, -0.15) is 4.99 Å². The van der Waals surface area contributed by atoms with Crippen LogP contribution in [0.25, 0.3) is 6.08 Å². The van der Waals surface area contributed by atoms with E-state index in [4.69, 9.17) is 0 Å². The van der Waals surface area contributed by atoms with Crippen LogP contribution in [0.15, 0.2) is 58.6 Å². The number of amidine groups is 1. The van der Waals surface area contributed by atoms with Crippen LogP contribution in [0.1, 0.15) is 5.69 Å². The number of nitrogens with zero attached hydrogens (tertiary/aromatic N) is 4. The molecule has 4 rings (SSSR count). The van der Waals surface area contributed by atoms with Crippen LogP contribution in [0, 0.1) is 0 Å². The van der Waals surface area contributed by atoms with E-state index in [0.29, 0.717) is 4.91 Å². The van der Waals surface area contributed by atoms with Gasteiger partial charge in [0.1, 0.15) is 0 Å². The van der Waals surface area contributed by atoms with Gasteiger partial charge in [0.2, 0.25) is 0 Å². The molecule has 0 saturated carbocycles. The Morgan fingerprint density at radius 1 is 1.00 bits per heavy atom. The standard InChI is InChI=1S/C19H20N4OS/c1-21-9-5-8-16(21)14-17-18(24)20-19(25-17)23-12-10-22(11-13-23)15-6-3-2-4-7-15/h2-9,14H,10-13H2,1H3. The topological polar surface area (TPSA) is 40.8 Å². The number of benzene rings is 1. The molecule has 1 aromatic carbocycles. The normalized spacial score (nSPS) is 19.6. The van der Waals surface area contributed by atoms with E-state index in [1.165, 1.54) is 17.4 Å². The first-order chi connectivity index (χ1) is 12.2. The number of anilines is 1. The van der Waals surface area contributed by atoms with Crippen molar-refractivity contribution in [3.05, 3.63) is 59.3 Å². The zero-order valence-corrected chi connectivity index (χ0v) is 14.9. The average molecular weight is 352 g/mol. The minimum Gasteiger partial charge on any atom is -0.368 e. The Kier molecular flexibility index (Phi) is 4.36. The van der Waals surface area contributed by atoms with Crippen molar-refractivity contribution in [2.75, 3.05) is 31.1 Å². The molecule has 0 spiro atoms. The van der Waals surface area contributed by atoms with Crippen LogP contribution in [-0.2, 0) is 11.8 Å². The van der Waals surface area contributed by atoms with Gasteiger partial charge in [0.25, 0.3) is 5.91 Å². The second-order valence-electron chi connectivity index (χ2n) is 6.16. The highest BCUT2D eigenvalue weighted by Gasteiger charge is 2.28. The summed E-state index contributed by atoms with van der Waals surface area (Å²) in [7, 11) is 1.97. The number of carbonyl (C=O) groups is 1. The van der Waals surface area contributed by atoms with E-state index in [9.17, 15) is 4.79 Å². The molecule has 1 saturated heterocycles. The van der Waals surface area contributed by atoms with Gasteiger partial charge in [-0.25, -0.2) is 0 Å². The summed E-state index contributed by atoms with van der Waals surface area (Å²) in [6, 6.07) is 14.4. The van der Waals surface area contributed by atoms with Gasteiger partial charge in [-0.15, -0.1) is 0 Å². The summed E-state index contributed by atoms with van der Waals surface area (Å²) >= 11 is 1.48. The van der Waals surface area contributed by atoms with Gasteiger partial charge in [-0.1, -0.05) is 18.2 Å². The van der Waals surface area contributed by atoms with Crippen LogP contribution < -0.4 is 4.90 Å². The molecule has 0 aliphatic carbocycles. The number of para-hydroxylation sites is 1. The fourth-order valence-corrected chi connectivity index (χ4v) is 4.04. The molecule has 2 aliphatic heterocycles. The highest BCUT2D eigenvalue weighted by molar-refractivity contribution is 8.18. The summed E-state index contributed by atoms with van der Waals surface area (Å²) in [5.41, 5.74) is 2.27. The molecular weight excluding hydrogens is 332 g/mol. The summed E-state index contributed by atoms with van der Waals surface area (Å²) in [6.07, 6.45) is 3.89. The van der Waals surface area contributed by atoms with E-state index >= 15 is 0 Å². The van der Waals surface area contributed by atoms with Crippen molar-refractivity contribution in [3.63, 3.8) is 0 Å². The molecule has 5 nitrogen and oxygen atoms in total. The summed E-state index contributed by atoms with van der Waals surface area (Å²) in [4.78, 5) is 21.8. The first kappa shape index (κ1) is 16.0. The van der Waals surface area contributed by atoms with E-state index < -0.39 is 0 Å². The highest BCUT2D eigenvalue weighted by Crippen LogP contribution is 2.31. The molecule has 25 heavy (non-hydrogen) atoms. The monoisotopic (exact) mass is 352 g/mol. The maximum Gasteiger partial charge on any atom is 0.286 e. The largest absolute Gasteiger partial charge is 0.368 e. The molecule has 1 aromatic heterocycles. The molecule has 1 fully saturated rings. The Labute approximate surface area is 151 Å². The van der Waals surface area contributed by atoms with Crippen LogP contribution in [0.2, 0.25) is 0 Å². The molecular formula is C19H20N4OS. The number of rotatable bonds is 2. The van der Waals surface area contributed by atoms with Crippen LogP contribution in [-0.4, -0.2) is 46.7 Å². The number of aryl methyl sites for hydroxylation is 1. The lowest BCUT2D eigenvalue weighted by atomic mass is 10.2. The van der Waals surface area contributed by atoms with Gasteiger partial charge >= 0.3 is 0 Å². The van der Waals surface area contributed by atoms with Crippen molar-refractivity contribution in [2.24, 2.45) is 12.0 Å². The molecule has 2 aliphatic rings. The molecule has 2 aromatic rings. The molecule has 0 unspecified atom stereocenters. The second-order valence-corrected chi connectivity index (χ2v) is 7.17. The number of aromatic nitrogens is 1. The molecule has 0 N–H and O–H groups in total. The number of amides is 1. The van der Waals surface area contributed by atoms with Crippen molar-refractivity contribution in [2.45, 2.75) is 0 Å². The smallest absolute Gasteiger partial charge is 0.286 e. The van der Waals surface area contributed by atoms with E-state index in [1.54, 1.807) is 0 Å². The quantitative estimate of drug-likeness (QED) is 0.780. The number of carbonyl (C=O) groups excluding carboxylic acids is 1. The molecule has 0 bridgehead atoms. The summed E-state index contributed by atoms with van der Waals surface area (Å²) < 4.78 is 2.00. The predicted octanol–water partition coefficient (Wildman–Crippen LogP) is 2.82. The second kappa shape index (κ2) is 6.80. The van der Waals surface area contributed by atoms with Crippen molar-refractivity contribution < 1.29 is 4.79 Å². The van der Waals surface area contributed by atoms with E-state index in [2.05, 4.69) is 39.1 Å². The van der Waals surface area contributed by atoms with E-state index in [-0.39, 0.29) is 5.91 Å². The Morgan fingerprint density at radius 2 is 1.72 bits per heavy atom. The lowest BCUT2D eigenvalue weighted by Gasteiger charge is -2.36. The number of hydrogen-bond acceptors (Lipinski definition) is 4. The van der Waals surface area contributed by atoms with Crippen molar-refractivity contribution >= 4 is 34.6 Å². The first-order valence-corrected chi connectivity index (χ1v) is 9.21. The van der Waals surface area contributed by atoms with Crippen molar-refractivity contribution in [3.8, 4) is 0 Å². The van der Waals surface area contributed by atoms with Crippen molar-refractivity contribution in [1.82, 2.24) is 9.47 Å². The molecule has 0 atom stereocenters. The van der Waals surface area contributed by atoms with Crippen LogP contribution >= 0.6 is 11.8 Å². The van der Waals surface area contributed by atoms with E-state index in [1.807, 2.05) is 42.1 Å². The Balaban J connectivity index is 1.41. The molecule has 6 heteroatoms. The van der Waals surface area contributed by atoms with Gasteiger partial charge < -0.3 is 14.4 Å². The Hall–Kier alpha value is -2.47. The van der Waals surface area contributed by atoms with Gasteiger partial charge in [0.05, 0.1) is 4.91 Å². The Morgan fingerprint density at radius 3 is 2.40 bits per heavy atom. The van der Waals surface area contributed by atoms with Gasteiger partial charge in [0, 0.05) is 50.8 Å². The maximum atomic E-state index is 12.2. The fraction of sp³-hybridized carbons (Fsp3) is 0.263. The third-order valence-electron chi connectivity index (χ3n) is 4.54. The summed E-state index contributed by atoms with van der Waals surface area (Å²) in [6.45, 7) is 3.64. The number of hydrogen-bond donors (Lipinski definition) is 0. The lowest BCUT2D eigenvalue weighted by molar-refractivity contribution is -0.113. The number of piperazine rings is 1. The Bertz CT molecular complexity index is 832. The van der Waals surface area contributed by atoms with Gasteiger partial charge in [-0.3, -0.25) is 4.79 Å². The third-order valence-corrected chi connectivity index (χ3v) is 5.59. The van der Waals surface area contributed by atoms with Gasteiger partial charge in [-0.05, 0) is 42.1 Å². The van der Waals surface area contributed by atoms with Crippen LogP contribution in [0.3, 0.4) is 0 Å². The minimum absolute atomic E-state index is 0.133. The molecule has 0 radical (unpaired) electrons. The molecule has 128 valence electrons. The minimum atomic E-state index is -0.133. The van der Waals surface area contributed by atoms with E-state index in [0.717, 1.165) is 37.0 Å². The third kappa shape index (κ3) is 3.35. The van der Waals surface area contributed by atoms with Crippen LogP contribution in [0.5, 0.6) is 0 Å². The predicted molar refractivity (Wildman–Crippen MR) is 104 cm³/mol.